The Morgan fingerprint density at radius 2 is 1.82 bits per heavy atom. The Morgan fingerprint density at radius 3 is 2.27 bits per heavy atom. The summed E-state index contributed by atoms with van der Waals surface area (Å²) in [6.07, 6.45) is 0. The van der Waals surface area contributed by atoms with Gasteiger partial charge in [-0.05, 0) is 6.92 Å². The Labute approximate surface area is 67.0 Å². The minimum atomic E-state index is 0.0381. The van der Waals surface area contributed by atoms with Crippen molar-refractivity contribution in [3.63, 3.8) is 0 Å². The average molecular weight is 151 g/mol. The van der Waals surface area contributed by atoms with Crippen LogP contribution in [-0.4, -0.2) is 7.05 Å². The summed E-state index contributed by atoms with van der Waals surface area (Å²) < 4.78 is 0. The molecular weight excluding hydrogens is 138 g/mol. The van der Waals surface area contributed by atoms with E-state index in [0.717, 1.165) is 5.56 Å². The van der Waals surface area contributed by atoms with Crippen molar-refractivity contribution in [1.29, 1.82) is 0 Å². The summed E-state index contributed by atoms with van der Waals surface area (Å²) in [5.41, 5.74) is 1.10. The SMILES string of the molecule is CC(c1ccccc1)[NH+](C)[O-]. The fourth-order valence-electron chi connectivity index (χ4n) is 0.976. The summed E-state index contributed by atoms with van der Waals surface area (Å²) in [5.74, 6) is 0. The quantitative estimate of drug-likeness (QED) is 0.621. The monoisotopic (exact) mass is 151 g/mol. The summed E-state index contributed by atoms with van der Waals surface area (Å²) in [6.45, 7) is 1.93. The van der Waals surface area contributed by atoms with E-state index >= 15 is 0 Å². The van der Waals surface area contributed by atoms with Gasteiger partial charge in [0.05, 0.1) is 7.05 Å². The van der Waals surface area contributed by atoms with Crippen LogP contribution in [0.4, 0.5) is 0 Å². The predicted molar refractivity (Wildman–Crippen MR) is 45.1 cm³/mol. The van der Waals surface area contributed by atoms with Gasteiger partial charge in [0.25, 0.3) is 0 Å². The number of nitrogens with one attached hydrogen (secondary N) is 1. The normalized spacial score (nSPS) is 15.9. The number of rotatable bonds is 2. The lowest BCUT2D eigenvalue weighted by atomic mass is 10.1. The van der Waals surface area contributed by atoms with Crippen molar-refractivity contribution in [2.75, 3.05) is 7.05 Å². The van der Waals surface area contributed by atoms with E-state index in [1.54, 1.807) is 7.05 Å². The lowest BCUT2D eigenvalue weighted by molar-refractivity contribution is -0.858. The van der Waals surface area contributed by atoms with Gasteiger partial charge < -0.3 is 10.3 Å². The maximum absolute atomic E-state index is 10.9. The molecule has 0 spiro atoms. The summed E-state index contributed by atoms with van der Waals surface area (Å²) in [6, 6.07) is 9.86. The molecule has 0 radical (unpaired) electrons. The summed E-state index contributed by atoms with van der Waals surface area (Å²) >= 11 is 0. The molecule has 1 aromatic rings. The largest absolute Gasteiger partial charge is 0.634 e. The molecule has 0 saturated carbocycles. The van der Waals surface area contributed by atoms with Crippen LogP contribution in [0.1, 0.15) is 18.5 Å². The van der Waals surface area contributed by atoms with Crippen LogP contribution in [0.5, 0.6) is 0 Å². The van der Waals surface area contributed by atoms with Crippen molar-refractivity contribution in [3.05, 3.63) is 41.1 Å². The van der Waals surface area contributed by atoms with Gasteiger partial charge in [0.2, 0.25) is 0 Å². The molecule has 2 atom stereocenters. The first kappa shape index (κ1) is 8.24. The van der Waals surface area contributed by atoms with Gasteiger partial charge in [-0.15, -0.1) is 0 Å². The minimum absolute atomic E-state index is 0.0381. The van der Waals surface area contributed by atoms with Crippen LogP contribution in [0.15, 0.2) is 30.3 Å². The second-order valence-electron chi connectivity index (χ2n) is 2.74. The third-order valence-electron chi connectivity index (χ3n) is 1.91. The van der Waals surface area contributed by atoms with Gasteiger partial charge >= 0.3 is 0 Å². The van der Waals surface area contributed by atoms with E-state index in [9.17, 15) is 5.21 Å². The van der Waals surface area contributed by atoms with E-state index in [-0.39, 0.29) is 11.1 Å². The van der Waals surface area contributed by atoms with Crippen LogP contribution in [0.25, 0.3) is 0 Å². The Hall–Kier alpha value is -0.860. The van der Waals surface area contributed by atoms with Crippen LogP contribution in [0, 0.1) is 5.21 Å². The fourth-order valence-corrected chi connectivity index (χ4v) is 0.976. The van der Waals surface area contributed by atoms with E-state index < -0.39 is 0 Å². The van der Waals surface area contributed by atoms with Crippen molar-refractivity contribution >= 4 is 0 Å². The van der Waals surface area contributed by atoms with Crippen molar-refractivity contribution in [2.45, 2.75) is 13.0 Å². The highest BCUT2D eigenvalue weighted by molar-refractivity contribution is 5.16. The number of benzene rings is 1. The van der Waals surface area contributed by atoms with Gasteiger partial charge in [-0.1, -0.05) is 30.3 Å². The second-order valence-corrected chi connectivity index (χ2v) is 2.74. The first-order valence-corrected chi connectivity index (χ1v) is 3.77. The van der Waals surface area contributed by atoms with E-state index in [0.29, 0.717) is 0 Å². The van der Waals surface area contributed by atoms with Gasteiger partial charge in [-0.25, -0.2) is 0 Å². The average Bonchev–Trinajstić information content (AvgIpc) is 2.05. The highest BCUT2D eigenvalue weighted by Crippen LogP contribution is 2.06. The molecule has 0 saturated heterocycles. The molecule has 0 bridgehead atoms. The van der Waals surface area contributed by atoms with Crippen LogP contribution < -0.4 is 5.06 Å². The number of hydrogen-bond acceptors (Lipinski definition) is 1. The lowest BCUT2D eigenvalue weighted by Crippen LogP contribution is -3.03. The van der Waals surface area contributed by atoms with Crippen LogP contribution in [-0.2, 0) is 0 Å². The molecule has 0 heterocycles. The number of hydrogen-bond donors (Lipinski definition) is 1. The molecule has 1 aromatic carbocycles. The molecule has 60 valence electrons. The van der Waals surface area contributed by atoms with Gasteiger partial charge in [-0.2, -0.15) is 0 Å². The maximum Gasteiger partial charge on any atom is 0.110 e. The molecule has 1 rings (SSSR count). The van der Waals surface area contributed by atoms with Crippen molar-refractivity contribution in [3.8, 4) is 0 Å². The number of hydroxylamine groups is 2. The highest BCUT2D eigenvalue weighted by atomic mass is 16.5. The zero-order chi connectivity index (χ0) is 8.27. The Bertz CT molecular complexity index is 208. The molecule has 0 aliphatic heterocycles. The zero-order valence-electron chi connectivity index (χ0n) is 6.87. The summed E-state index contributed by atoms with van der Waals surface area (Å²) in [7, 11) is 1.62. The molecule has 0 fully saturated rings. The molecule has 2 nitrogen and oxygen atoms in total. The molecular formula is C9H13NO. The Kier molecular flexibility index (Phi) is 2.63. The molecule has 0 aliphatic carbocycles. The molecule has 0 amide bonds. The fraction of sp³-hybridized carbons (Fsp3) is 0.333. The standard InChI is InChI=1S/C9H13NO/c1-8(10(2)11)9-6-4-3-5-7-9/h3-8,10H,1-2H3. The minimum Gasteiger partial charge on any atom is -0.634 e. The molecule has 2 heteroatoms. The topological polar surface area (TPSA) is 27.5 Å². The first-order chi connectivity index (χ1) is 5.22. The van der Waals surface area contributed by atoms with Gasteiger partial charge in [0, 0.05) is 5.56 Å². The Balaban J connectivity index is 2.77. The van der Waals surface area contributed by atoms with E-state index in [4.69, 9.17) is 0 Å². The third-order valence-corrected chi connectivity index (χ3v) is 1.91. The smallest absolute Gasteiger partial charge is 0.110 e. The maximum atomic E-state index is 10.9. The molecule has 0 aromatic heterocycles. The Morgan fingerprint density at radius 1 is 1.27 bits per heavy atom. The molecule has 11 heavy (non-hydrogen) atoms. The van der Waals surface area contributed by atoms with E-state index in [1.807, 2.05) is 37.3 Å². The van der Waals surface area contributed by atoms with Gasteiger partial charge in [0.15, 0.2) is 0 Å². The van der Waals surface area contributed by atoms with Crippen molar-refractivity contribution < 1.29 is 5.06 Å². The highest BCUT2D eigenvalue weighted by Gasteiger charge is 2.06. The summed E-state index contributed by atoms with van der Waals surface area (Å²) in [4.78, 5) is 0. The van der Waals surface area contributed by atoms with Crippen LogP contribution in [0.3, 0.4) is 0 Å². The van der Waals surface area contributed by atoms with E-state index in [1.165, 1.54) is 0 Å². The van der Waals surface area contributed by atoms with Crippen molar-refractivity contribution in [2.24, 2.45) is 0 Å². The molecule has 1 N–H and O–H groups in total. The lowest BCUT2D eigenvalue weighted by Gasteiger charge is -2.24. The third kappa shape index (κ3) is 2.03. The first-order valence-electron chi connectivity index (χ1n) is 3.77. The predicted octanol–water partition coefficient (Wildman–Crippen LogP) is 0.760. The zero-order valence-corrected chi connectivity index (χ0v) is 6.87. The molecule has 0 aliphatic rings. The molecule has 2 unspecified atom stereocenters. The van der Waals surface area contributed by atoms with Crippen LogP contribution >= 0.6 is 0 Å². The van der Waals surface area contributed by atoms with Gasteiger partial charge in [-0.3, -0.25) is 0 Å². The van der Waals surface area contributed by atoms with E-state index in [2.05, 4.69) is 0 Å². The van der Waals surface area contributed by atoms with Gasteiger partial charge in [0.1, 0.15) is 6.04 Å². The summed E-state index contributed by atoms with van der Waals surface area (Å²) in [5, 5.41) is 11.2. The second kappa shape index (κ2) is 3.51. The van der Waals surface area contributed by atoms with Crippen molar-refractivity contribution in [1.82, 2.24) is 0 Å². The number of quaternary nitrogens is 1. The van der Waals surface area contributed by atoms with Crippen LogP contribution in [0.2, 0.25) is 0 Å².